The number of nitrogens with one attached hydrogen (secondary N) is 2. The summed E-state index contributed by atoms with van der Waals surface area (Å²) in [4.78, 5) is 53.3. The van der Waals surface area contributed by atoms with E-state index >= 15 is 0 Å². The van der Waals surface area contributed by atoms with E-state index in [1.807, 2.05) is 42.2 Å². The number of ether oxygens (including phenoxy) is 1. The minimum Gasteiger partial charge on any atom is -0.465 e. The lowest BCUT2D eigenvalue weighted by Gasteiger charge is -2.41. The molecule has 4 amide bonds. The van der Waals surface area contributed by atoms with Gasteiger partial charge in [0.15, 0.2) is 0 Å². The van der Waals surface area contributed by atoms with Crippen LogP contribution in [0.4, 0.5) is 4.79 Å². The van der Waals surface area contributed by atoms with E-state index in [1.165, 1.54) is 0 Å². The molecule has 0 aromatic heterocycles. The lowest BCUT2D eigenvalue weighted by molar-refractivity contribution is -0.143. The quantitative estimate of drug-likeness (QED) is 0.517. The number of nitrogens with zero attached hydrogens (tertiary/aromatic N) is 2. The third-order valence-electron chi connectivity index (χ3n) is 5.59. The van der Waals surface area contributed by atoms with Crippen LogP contribution in [-0.4, -0.2) is 78.5 Å². The maximum atomic E-state index is 13.4. The Hall–Kier alpha value is -3.10. The Labute approximate surface area is 195 Å². The minimum absolute atomic E-state index is 0.0953. The Morgan fingerprint density at radius 1 is 1.12 bits per heavy atom. The molecule has 0 spiro atoms. The Morgan fingerprint density at radius 2 is 1.85 bits per heavy atom. The van der Waals surface area contributed by atoms with Crippen LogP contribution in [0.3, 0.4) is 0 Å². The molecule has 2 N–H and O–H groups in total. The van der Waals surface area contributed by atoms with Gasteiger partial charge >= 0.3 is 12.0 Å². The minimum atomic E-state index is -0.802. The smallest absolute Gasteiger partial charge is 0.325 e. The first-order valence-corrected chi connectivity index (χ1v) is 11.7. The molecule has 1 aliphatic rings. The van der Waals surface area contributed by atoms with Gasteiger partial charge in [0, 0.05) is 38.5 Å². The molecule has 0 bridgehead atoms. The van der Waals surface area contributed by atoms with Crippen LogP contribution < -0.4 is 10.6 Å². The number of piperazine rings is 1. The van der Waals surface area contributed by atoms with Gasteiger partial charge in [-0.15, -0.1) is 0 Å². The van der Waals surface area contributed by atoms with Crippen LogP contribution in [0.2, 0.25) is 0 Å². The summed E-state index contributed by atoms with van der Waals surface area (Å²) in [5.74, 6) is -0.636. The first kappa shape index (κ1) is 26.2. The van der Waals surface area contributed by atoms with Gasteiger partial charge in [0.05, 0.1) is 6.61 Å². The molecule has 1 aromatic rings. The number of rotatable bonds is 10. The van der Waals surface area contributed by atoms with Gasteiger partial charge in [-0.3, -0.25) is 14.4 Å². The molecule has 1 fully saturated rings. The molecule has 2 rings (SSSR count). The Kier molecular flexibility index (Phi) is 10.7. The fourth-order valence-electron chi connectivity index (χ4n) is 3.84. The second kappa shape index (κ2) is 13.4. The van der Waals surface area contributed by atoms with E-state index in [1.54, 1.807) is 11.8 Å². The number of carbonyl (C=O) groups is 4. The van der Waals surface area contributed by atoms with Crippen LogP contribution in [0.15, 0.2) is 30.3 Å². The molecule has 9 heteroatoms. The van der Waals surface area contributed by atoms with Crippen LogP contribution in [0.25, 0.3) is 0 Å². The van der Waals surface area contributed by atoms with E-state index in [2.05, 4.69) is 17.6 Å². The Balaban J connectivity index is 2.03. The average molecular weight is 461 g/mol. The normalized spacial score (nSPS) is 16.6. The van der Waals surface area contributed by atoms with Crippen molar-refractivity contribution in [1.82, 2.24) is 20.4 Å². The third-order valence-corrected chi connectivity index (χ3v) is 5.59. The first-order chi connectivity index (χ1) is 15.8. The standard InChI is InChI=1S/C24H36N4O5/c1-4-6-12-21(29)28-14-13-27(17-18(28)3)23(31)20(15-19-10-8-7-9-11-19)26-24(32)25-16-22(30)33-5-2/h7-11,18,20H,4-6,12-17H2,1-3H3,(H2,25,26,32). The van der Waals surface area contributed by atoms with Crippen molar-refractivity contribution in [2.75, 3.05) is 32.8 Å². The van der Waals surface area contributed by atoms with E-state index < -0.39 is 18.0 Å². The van der Waals surface area contributed by atoms with Crippen molar-refractivity contribution < 1.29 is 23.9 Å². The summed E-state index contributed by atoms with van der Waals surface area (Å²) in [6.07, 6.45) is 2.66. The third kappa shape index (κ3) is 8.40. The maximum Gasteiger partial charge on any atom is 0.325 e. The second-order valence-electron chi connectivity index (χ2n) is 8.20. The van der Waals surface area contributed by atoms with Crippen LogP contribution in [-0.2, 0) is 25.5 Å². The highest BCUT2D eigenvalue weighted by molar-refractivity contribution is 5.89. The van der Waals surface area contributed by atoms with Gasteiger partial charge in [-0.05, 0) is 25.8 Å². The molecular formula is C24H36N4O5. The van der Waals surface area contributed by atoms with Crippen molar-refractivity contribution in [3.05, 3.63) is 35.9 Å². The maximum absolute atomic E-state index is 13.4. The molecular weight excluding hydrogens is 424 g/mol. The molecule has 1 saturated heterocycles. The molecule has 9 nitrogen and oxygen atoms in total. The Bertz CT molecular complexity index is 801. The zero-order valence-corrected chi connectivity index (χ0v) is 19.8. The van der Waals surface area contributed by atoms with E-state index in [-0.39, 0.29) is 31.0 Å². The summed E-state index contributed by atoms with van der Waals surface area (Å²) in [7, 11) is 0. The molecule has 1 aliphatic heterocycles. The van der Waals surface area contributed by atoms with E-state index in [0.29, 0.717) is 32.5 Å². The fraction of sp³-hybridized carbons (Fsp3) is 0.583. The average Bonchev–Trinajstić information content (AvgIpc) is 2.81. The molecule has 182 valence electrons. The fourth-order valence-corrected chi connectivity index (χ4v) is 3.84. The van der Waals surface area contributed by atoms with Crippen LogP contribution in [0.1, 0.15) is 45.6 Å². The second-order valence-corrected chi connectivity index (χ2v) is 8.20. The van der Waals surface area contributed by atoms with Crippen LogP contribution >= 0.6 is 0 Å². The topological polar surface area (TPSA) is 108 Å². The molecule has 1 aromatic carbocycles. The largest absolute Gasteiger partial charge is 0.465 e. The number of unbranched alkanes of at least 4 members (excludes halogenated alkanes) is 1. The number of carbonyl (C=O) groups excluding carboxylic acids is 4. The van der Waals surface area contributed by atoms with Crippen molar-refractivity contribution >= 4 is 23.8 Å². The number of urea groups is 1. The highest BCUT2D eigenvalue weighted by atomic mass is 16.5. The van der Waals surface area contributed by atoms with Gasteiger partial charge in [-0.2, -0.15) is 0 Å². The van der Waals surface area contributed by atoms with Crippen molar-refractivity contribution in [3.63, 3.8) is 0 Å². The summed E-state index contributed by atoms with van der Waals surface area (Å²) in [6.45, 7) is 6.93. The molecule has 0 saturated carbocycles. The van der Waals surface area contributed by atoms with E-state index in [0.717, 1.165) is 18.4 Å². The van der Waals surface area contributed by atoms with Gasteiger partial charge in [0.25, 0.3) is 0 Å². The zero-order chi connectivity index (χ0) is 24.2. The monoisotopic (exact) mass is 460 g/mol. The molecule has 2 unspecified atom stereocenters. The summed E-state index contributed by atoms with van der Waals surface area (Å²) in [5, 5.41) is 5.15. The molecule has 0 aliphatic carbocycles. The van der Waals surface area contributed by atoms with Gasteiger partial charge in [-0.1, -0.05) is 43.7 Å². The molecule has 33 heavy (non-hydrogen) atoms. The van der Waals surface area contributed by atoms with Crippen molar-refractivity contribution in [1.29, 1.82) is 0 Å². The number of amides is 4. The highest BCUT2D eigenvalue weighted by Crippen LogP contribution is 2.15. The molecule has 1 heterocycles. The summed E-state index contributed by atoms with van der Waals surface area (Å²) < 4.78 is 4.81. The summed E-state index contributed by atoms with van der Waals surface area (Å²) in [5.41, 5.74) is 0.906. The molecule has 0 radical (unpaired) electrons. The molecule has 2 atom stereocenters. The highest BCUT2D eigenvalue weighted by Gasteiger charge is 2.33. The zero-order valence-electron chi connectivity index (χ0n) is 19.8. The van der Waals surface area contributed by atoms with Crippen LogP contribution in [0.5, 0.6) is 0 Å². The summed E-state index contributed by atoms with van der Waals surface area (Å²) >= 11 is 0. The number of hydrogen-bond donors (Lipinski definition) is 2. The predicted molar refractivity (Wildman–Crippen MR) is 124 cm³/mol. The van der Waals surface area contributed by atoms with Crippen molar-refractivity contribution in [3.8, 4) is 0 Å². The number of hydrogen-bond acceptors (Lipinski definition) is 5. The van der Waals surface area contributed by atoms with Crippen molar-refractivity contribution in [2.45, 2.75) is 58.5 Å². The summed E-state index contributed by atoms with van der Waals surface area (Å²) in [6, 6.07) is 7.92. The van der Waals surface area contributed by atoms with Gasteiger partial charge in [-0.25, -0.2) is 4.79 Å². The predicted octanol–water partition coefficient (Wildman–Crippen LogP) is 1.71. The Morgan fingerprint density at radius 3 is 2.48 bits per heavy atom. The van der Waals surface area contributed by atoms with Gasteiger partial charge in [0.1, 0.15) is 12.6 Å². The van der Waals surface area contributed by atoms with E-state index in [9.17, 15) is 19.2 Å². The van der Waals surface area contributed by atoms with E-state index in [4.69, 9.17) is 4.74 Å². The lowest BCUT2D eigenvalue weighted by atomic mass is 10.0. The van der Waals surface area contributed by atoms with Gasteiger partial charge < -0.3 is 25.2 Å². The SMILES string of the molecule is CCCCC(=O)N1CCN(C(=O)C(Cc2ccccc2)NC(=O)NCC(=O)OCC)CC1C. The number of benzene rings is 1. The first-order valence-electron chi connectivity index (χ1n) is 11.7. The van der Waals surface area contributed by atoms with Gasteiger partial charge in [0.2, 0.25) is 11.8 Å². The lowest BCUT2D eigenvalue weighted by Crippen LogP contribution is -2.60. The van der Waals surface area contributed by atoms with Crippen LogP contribution in [0, 0.1) is 0 Å². The number of esters is 1. The van der Waals surface area contributed by atoms with Crippen molar-refractivity contribution in [2.24, 2.45) is 0 Å².